The van der Waals surface area contributed by atoms with Gasteiger partial charge in [0.2, 0.25) is 0 Å². The third-order valence-corrected chi connectivity index (χ3v) is 6.69. The van der Waals surface area contributed by atoms with Crippen molar-refractivity contribution >= 4 is 8.32 Å². The summed E-state index contributed by atoms with van der Waals surface area (Å²) in [4.78, 5) is 10.5. The number of rotatable bonds is 9. The molecule has 0 heterocycles. The van der Waals surface area contributed by atoms with Crippen LogP contribution in [0.2, 0.25) is 18.1 Å². The Morgan fingerprint density at radius 3 is 1.71 bits per heavy atom. The van der Waals surface area contributed by atoms with Crippen molar-refractivity contribution in [3.05, 3.63) is 0 Å². The van der Waals surface area contributed by atoms with E-state index >= 15 is 0 Å². The van der Waals surface area contributed by atoms with Crippen LogP contribution < -0.4 is 5.73 Å². The first-order valence-corrected chi connectivity index (χ1v) is 8.68. The highest BCUT2D eigenvalue weighted by atomic mass is 28.4. The second kappa shape index (κ2) is 8.45. The zero-order valence-electron chi connectivity index (χ0n) is 9.89. The van der Waals surface area contributed by atoms with Crippen LogP contribution in [0, 0.1) is 0 Å². The summed E-state index contributed by atoms with van der Waals surface area (Å²) < 4.78 is 0. The summed E-state index contributed by atoms with van der Waals surface area (Å²) >= 11 is 0. The summed E-state index contributed by atoms with van der Waals surface area (Å²) in [6.45, 7) is 5.11. The van der Waals surface area contributed by atoms with Crippen LogP contribution in [0.25, 0.3) is 0 Å². The van der Waals surface area contributed by atoms with E-state index in [1.165, 1.54) is 25.7 Å². The van der Waals surface area contributed by atoms with E-state index in [9.17, 15) is 4.80 Å². The number of nitrogens with two attached hydrogens (primary N) is 1. The monoisotopic (exact) mass is 217 g/mol. The summed E-state index contributed by atoms with van der Waals surface area (Å²) in [5.41, 5.74) is 5.50. The van der Waals surface area contributed by atoms with Gasteiger partial charge in [-0.2, -0.15) is 0 Å². The van der Waals surface area contributed by atoms with Crippen LogP contribution in [-0.4, -0.2) is 19.7 Å². The van der Waals surface area contributed by atoms with E-state index in [1.54, 1.807) is 0 Å². The first kappa shape index (κ1) is 14.1. The van der Waals surface area contributed by atoms with Crippen molar-refractivity contribution in [2.45, 2.75) is 64.1 Å². The first-order chi connectivity index (χ1) is 6.68. The van der Waals surface area contributed by atoms with Crippen LogP contribution in [0.3, 0.4) is 0 Å². The van der Waals surface area contributed by atoms with Gasteiger partial charge in [-0.1, -0.05) is 39.5 Å². The van der Waals surface area contributed by atoms with Gasteiger partial charge in [0.1, 0.15) is 0 Å². The van der Waals surface area contributed by atoms with Crippen LogP contribution in [0.15, 0.2) is 0 Å². The molecule has 0 atom stereocenters. The molecule has 14 heavy (non-hydrogen) atoms. The molecule has 0 aliphatic carbocycles. The molecule has 0 aliphatic rings. The van der Waals surface area contributed by atoms with Gasteiger partial charge in [-0.3, -0.25) is 0 Å². The molecule has 0 aliphatic heterocycles. The molecule has 0 aromatic heterocycles. The van der Waals surface area contributed by atoms with Crippen molar-refractivity contribution in [2.75, 3.05) is 6.54 Å². The lowest BCUT2D eigenvalue weighted by Crippen LogP contribution is -2.34. The molecule has 0 bridgehead atoms. The maximum Gasteiger partial charge on any atom is 0.188 e. The Labute approximate surface area is 90.0 Å². The fourth-order valence-corrected chi connectivity index (χ4v) is 5.45. The Bertz CT molecular complexity index is 109. The second-order valence-corrected chi connectivity index (χ2v) is 8.27. The highest BCUT2D eigenvalue weighted by Gasteiger charge is 2.28. The molecule has 2 nitrogen and oxygen atoms in total. The number of hydrogen-bond donors (Lipinski definition) is 2. The Hall–Kier alpha value is 0.137. The van der Waals surface area contributed by atoms with Crippen molar-refractivity contribution in [1.82, 2.24) is 0 Å². The van der Waals surface area contributed by atoms with Gasteiger partial charge in [-0.05, 0) is 31.1 Å². The van der Waals surface area contributed by atoms with Crippen LogP contribution >= 0.6 is 0 Å². The van der Waals surface area contributed by atoms with Crippen molar-refractivity contribution in [3.63, 3.8) is 0 Å². The first-order valence-electron chi connectivity index (χ1n) is 6.11. The standard InChI is InChI=1S/C11H27NOSi/c1-3-5-9-14(13,10-6-4-2)11-7-8-12/h13H,3-12H2,1-2H3. The number of unbranched alkanes of at least 4 members (excludes halogenated alkanes) is 2. The van der Waals surface area contributed by atoms with Gasteiger partial charge in [-0.15, -0.1) is 0 Å². The molecule has 0 saturated heterocycles. The molecule has 3 heteroatoms. The third kappa shape index (κ3) is 6.57. The molecule has 0 unspecified atom stereocenters. The molecule has 86 valence electrons. The van der Waals surface area contributed by atoms with Crippen LogP contribution in [0.1, 0.15) is 46.0 Å². The smallest absolute Gasteiger partial charge is 0.188 e. The predicted octanol–water partition coefficient (Wildman–Crippen LogP) is 2.87. The van der Waals surface area contributed by atoms with Gasteiger partial charge in [0, 0.05) is 0 Å². The zero-order valence-corrected chi connectivity index (χ0v) is 10.9. The van der Waals surface area contributed by atoms with Crippen molar-refractivity contribution < 1.29 is 4.80 Å². The Balaban J connectivity index is 3.89. The van der Waals surface area contributed by atoms with Gasteiger partial charge in [0.05, 0.1) is 0 Å². The average molecular weight is 217 g/mol. The van der Waals surface area contributed by atoms with Gasteiger partial charge < -0.3 is 10.5 Å². The fourth-order valence-electron chi connectivity index (χ4n) is 1.82. The van der Waals surface area contributed by atoms with E-state index in [4.69, 9.17) is 5.73 Å². The summed E-state index contributed by atoms with van der Waals surface area (Å²) in [6.07, 6.45) is 5.79. The van der Waals surface area contributed by atoms with Crippen molar-refractivity contribution in [2.24, 2.45) is 5.73 Å². The minimum absolute atomic E-state index is 0.730. The highest BCUT2D eigenvalue weighted by molar-refractivity contribution is 6.72. The molecule has 0 aromatic rings. The van der Waals surface area contributed by atoms with E-state index in [2.05, 4.69) is 13.8 Å². The molecule has 0 fully saturated rings. The van der Waals surface area contributed by atoms with Crippen molar-refractivity contribution in [3.8, 4) is 0 Å². The summed E-state index contributed by atoms with van der Waals surface area (Å²) in [6, 6.07) is 3.19. The average Bonchev–Trinajstić information content (AvgIpc) is 2.21. The zero-order chi connectivity index (χ0) is 10.9. The van der Waals surface area contributed by atoms with E-state index in [0.717, 1.165) is 31.1 Å². The van der Waals surface area contributed by atoms with Gasteiger partial charge in [0.25, 0.3) is 0 Å². The second-order valence-electron chi connectivity index (χ2n) is 4.32. The van der Waals surface area contributed by atoms with E-state index in [1.807, 2.05) is 0 Å². The lowest BCUT2D eigenvalue weighted by molar-refractivity contribution is 0.509. The van der Waals surface area contributed by atoms with Gasteiger partial charge >= 0.3 is 0 Å². The fraction of sp³-hybridized carbons (Fsp3) is 1.00. The van der Waals surface area contributed by atoms with E-state index in [-0.39, 0.29) is 0 Å². The quantitative estimate of drug-likeness (QED) is 0.583. The summed E-state index contributed by atoms with van der Waals surface area (Å²) in [5.74, 6) is 0. The maximum atomic E-state index is 10.5. The summed E-state index contributed by atoms with van der Waals surface area (Å²) in [7, 11) is -1.89. The lowest BCUT2D eigenvalue weighted by Gasteiger charge is -2.24. The Morgan fingerprint density at radius 1 is 0.929 bits per heavy atom. The van der Waals surface area contributed by atoms with Gasteiger partial charge in [0.15, 0.2) is 8.32 Å². The molecular formula is C11H27NOSi. The largest absolute Gasteiger partial charge is 0.432 e. The minimum atomic E-state index is -1.89. The van der Waals surface area contributed by atoms with Crippen LogP contribution in [-0.2, 0) is 0 Å². The Morgan fingerprint density at radius 2 is 1.36 bits per heavy atom. The third-order valence-electron chi connectivity index (χ3n) is 2.84. The SMILES string of the molecule is CCCC[Si](O)(CCCC)CCCN. The molecule has 0 spiro atoms. The predicted molar refractivity (Wildman–Crippen MR) is 65.9 cm³/mol. The molecule has 0 radical (unpaired) electrons. The van der Waals surface area contributed by atoms with E-state index < -0.39 is 8.32 Å². The normalized spacial score (nSPS) is 12.0. The van der Waals surface area contributed by atoms with Crippen LogP contribution in [0.4, 0.5) is 0 Å². The molecule has 0 aromatic carbocycles. The summed E-state index contributed by atoms with van der Waals surface area (Å²) in [5, 5.41) is 0. The number of hydrogen-bond acceptors (Lipinski definition) is 2. The topological polar surface area (TPSA) is 46.2 Å². The molecular weight excluding hydrogens is 190 g/mol. The maximum absolute atomic E-state index is 10.5. The molecule has 0 rings (SSSR count). The minimum Gasteiger partial charge on any atom is -0.432 e. The van der Waals surface area contributed by atoms with Crippen LogP contribution in [0.5, 0.6) is 0 Å². The molecule has 0 saturated carbocycles. The van der Waals surface area contributed by atoms with Gasteiger partial charge in [-0.25, -0.2) is 0 Å². The molecule has 3 N–H and O–H groups in total. The Kier molecular flexibility index (Phi) is 8.53. The highest BCUT2D eigenvalue weighted by Crippen LogP contribution is 2.24. The van der Waals surface area contributed by atoms with E-state index in [0.29, 0.717) is 0 Å². The van der Waals surface area contributed by atoms with Crippen molar-refractivity contribution in [1.29, 1.82) is 0 Å². The lowest BCUT2D eigenvalue weighted by atomic mass is 10.4. The molecule has 0 amide bonds.